The maximum Gasteiger partial charge on any atom is 0.401 e. The smallest absolute Gasteiger partial charge is 0.338 e. The van der Waals surface area contributed by atoms with E-state index in [4.69, 9.17) is 16.1 Å². The summed E-state index contributed by atoms with van der Waals surface area (Å²) in [7, 11) is 0. The topological polar surface area (TPSA) is 51.0 Å². The van der Waals surface area contributed by atoms with Gasteiger partial charge in [0.05, 0.1) is 18.8 Å². The summed E-state index contributed by atoms with van der Waals surface area (Å²) in [6.07, 6.45) is -4.26. The van der Waals surface area contributed by atoms with E-state index < -0.39 is 12.7 Å². The standard InChI is InChI=1S/C12H11ClF3N3OS/c13-8-1-3-9(4-2-8)21-6-10-18-11(20-19-10)5-17-7-12(14,15)16/h1-4,17H,5-7H2. The summed E-state index contributed by atoms with van der Waals surface area (Å²) >= 11 is 7.26. The molecule has 1 N–H and O–H groups in total. The Morgan fingerprint density at radius 3 is 2.62 bits per heavy atom. The molecule has 2 rings (SSSR count). The van der Waals surface area contributed by atoms with Gasteiger partial charge in [-0.1, -0.05) is 16.8 Å². The molecule has 9 heteroatoms. The quantitative estimate of drug-likeness (QED) is 0.815. The molecule has 1 aromatic carbocycles. The van der Waals surface area contributed by atoms with E-state index >= 15 is 0 Å². The lowest BCUT2D eigenvalue weighted by atomic mass is 10.4. The summed E-state index contributed by atoms with van der Waals surface area (Å²) in [5, 5.41) is 6.55. The van der Waals surface area contributed by atoms with Gasteiger partial charge in [0.1, 0.15) is 0 Å². The van der Waals surface area contributed by atoms with Crippen LogP contribution in [0.4, 0.5) is 13.2 Å². The van der Waals surface area contributed by atoms with E-state index in [1.54, 1.807) is 12.1 Å². The number of hydrogen-bond donors (Lipinski definition) is 1. The van der Waals surface area contributed by atoms with Crippen molar-refractivity contribution in [3.63, 3.8) is 0 Å². The molecular weight excluding hydrogens is 327 g/mol. The van der Waals surface area contributed by atoms with Crippen molar-refractivity contribution < 1.29 is 17.7 Å². The number of benzene rings is 1. The lowest BCUT2D eigenvalue weighted by Crippen LogP contribution is -2.28. The average Bonchev–Trinajstić information content (AvgIpc) is 2.85. The van der Waals surface area contributed by atoms with Gasteiger partial charge in [0.25, 0.3) is 0 Å². The zero-order valence-electron chi connectivity index (χ0n) is 10.7. The highest BCUT2D eigenvalue weighted by atomic mass is 35.5. The zero-order chi connectivity index (χ0) is 15.3. The highest BCUT2D eigenvalue weighted by Crippen LogP contribution is 2.23. The highest BCUT2D eigenvalue weighted by Gasteiger charge is 2.26. The van der Waals surface area contributed by atoms with Crippen LogP contribution in [0.5, 0.6) is 0 Å². The molecule has 0 fully saturated rings. The highest BCUT2D eigenvalue weighted by molar-refractivity contribution is 7.98. The van der Waals surface area contributed by atoms with Crippen LogP contribution in [0.15, 0.2) is 33.7 Å². The average molecular weight is 338 g/mol. The van der Waals surface area contributed by atoms with Gasteiger partial charge in [-0.2, -0.15) is 18.2 Å². The van der Waals surface area contributed by atoms with Gasteiger partial charge in [-0.3, -0.25) is 0 Å². The normalized spacial score (nSPS) is 11.8. The Balaban J connectivity index is 1.79. The van der Waals surface area contributed by atoms with Gasteiger partial charge in [0.15, 0.2) is 5.82 Å². The van der Waals surface area contributed by atoms with Crippen LogP contribution in [-0.2, 0) is 12.3 Å². The molecule has 0 aliphatic carbocycles. The second-order valence-electron chi connectivity index (χ2n) is 4.07. The number of rotatable bonds is 6. The third kappa shape index (κ3) is 5.94. The van der Waals surface area contributed by atoms with E-state index in [-0.39, 0.29) is 12.4 Å². The fourth-order valence-electron chi connectivity index (χ4n) is 1.41. The number of aromatic nitrogens is 2. The molecule has 1 aromatic heterocycles. The van der Waals surface area contributed by atoms with Crippen molar-refractivity contribution in [1.82, 2.24) is 15.5 Å². The Morgan fingerprint density at radius 1 is 1.24 bits per heavy atom. The van der Waals surface area contributed by atoms with Crippen molar-refractivity contribution in [2.75, 3.05) is 6.54 Å². The monoisotopic (exact) mass is 337 g/mol. The molecule has 0 unspecified atom stereocenters. The third-order valence-electron chi connectivity index (χ3n) is 2.29. The van der Waals surface area contributed by atoms with E-state index in [9.17, 15) is 13.2 Å². The Hall–Kier alpha value is -1.25. The van der Waals surface area contributed by atoms with E-state index in [1.807, 2.05) is 12.1 Å². The number of thioether (sulfide) groups is 1. The molecule has 0 amide bonds. The van der Waals surface area contributed by atoms with Gasteiger partial charge < -0.3 is 9.84 Å². The maximum absolute atomic E-state index is 12.0. The third-order valence-corrected chi connectivity index (χ3v) is 3.55. The second-order valence-corrected chi connectivity index (χ2v) is 5.55. The van der Waals surface area contributed by atoms with Crippen LogP contribution in [0.2, 0.25) is 5.02 Å². The van der Waals surface area contributed by atoms with Crippen molar-refractivity contribution in [2.45, 2.75) is 23.4 Å². The van der Waals surface area contributed by atoms with Crippen LogP contribution in [0.25, 0.3) is 0 Å². The van der Waals surface area contributed by atoms with Crippen LogP contribution in [0.1, 0.15) is 11.7 Å². The number of halogens is 4. The van der Waals surface area contributed by atoms with Gasteiger partial charge >= 0.3 is 6.18 Å². The molecular formula is C12H11ClF3N3OS. The summed E-state index contributed by atoms with van der Waals surface area (Å²) in [6, 6.07) is 7.26. The van der Waals surface area contributed by atoms with Crippen LogP contribution < -0.4 is 5.32 Å². The molecule has 0 bridgehead atoms. The molecule has 0 aliphatic heterocycles. The SMILES string of the molecule is FC(F)(F)CNCc1nc(CSc2ccc(Cl)cc2)no1. The summed E-state index contributed by atoms with van der Waals surface area (Å²) < 4.78 is 40.7. The van der Waals surface area contributed by atoms with Crippen LogP contribution in [-0.4, -0.2) is 22.9 Å². The fraction of sp³-hybridized carbons (Fsp3) is 0.333. The molecule has 1 heterocycles. The molecule has 4 nitrogen and oxygen atoms in total. The van der Waals surface area contributed by atoms with E-state index in [1.165, 1.54) is 11.8 Å². The van der Waals surface area contributed by atoms with E-state index in [0.29, 0.717) is 16.6 Å². The molecule has 0 saturated carbocycles. The second kappa shape index (κ2) is 7.15. The van der Waals surface area contributed by atoms with Crippen LogP contribution >= 0.6 is 23.4 Å². The summed E-state index contributed by atoms with van der Waals surface area (Å²) in [5.41, 5.74) is 0. The lowest BCUT2D eigenvalue weighted by Gasteiger charge is -2.05. The summed E-state index contributed by atoms with van der Waals surface area (Å²) in [4.78, 5) is 4.99. The maximum atomic E-state index is 12.0. The van der Waals surface area contributed by atoms with E-state index in [0.717, 1.165) is 4.90 Å². The van der Waals surface area contributed by atoms with Crippen LogP contribution in [0.3, 0.4) is 0 Å². The van der Waals surface area contributed by atoms with Gasteiger partial charge in [-0.25, -0.2) is 0 Å². The molecule has 0 spiro atoms. The first-order valence-electron chi connectivity index (χ1n) is 5.90. The molecule has 0 saturated heterocycles. The molecule has 0 radical (unpaired) electrons. The molecule has 114 valence electrons. The van der Waals surface area contributed by atoms with Gasteiger partial charge in [-0.05, 0) is 24.3 Å². The summed E-state index contributed by atoms with van der Waals surface area (Å²) in [6.45, 7) is -1.21. The molecule has 0 atom stereocenters. The minimum absolute atomic E-state index is 0.113. The minimum atomic E-state index is -4.26. The van der Waals surface area contributed by atoms with Gasteiger partial charge in [-0.15, -0.1) is 11.8 Å². The predicted molar refractivity (Wildman–Crippen MR) is 73.1 cm³/mol. The lowest BCUT2D eigenvalue weighted by molar-refractivity contribution is -0.125. The largest absolute Gasteiger partial charge is 0.401 e. The first-order valence-corrected chi connectivity index (χ1v) is 7.26. The first kappa shape index (κ1) is 16.1. The fourth-order valence-corrected chi connectivity index (χ4v) is 2.28. The number of nitrogens with zero attached hydrogens (tertiary/aromatic N) is 2. The minimum Gasteiger partial charge on any atom is -0.338 e. The van der Waals surface area contributed by atoms with Crippen molar-refractivity contribution in [3.8, 4) is 0 Å². The molecule has 0 aliphatic rings. The van der Waals surface area contributed by atoms with Gasteiger partial charge in [0, 0.05) is 9.92 Å². The summed E-state index contributed by atoms with van der Waals surface area (Å²) in [5.74, 6) is 1.02. The first-order chi connectivity index (χ1) is 9.92. The molecule has 21 heavy (non-hydrogen) atoms. The predicted octanol–water partition coefficient (Wildman–Crippen LogP) is 3.67. The van der Waals surface area contributed by atoms with E-state index in [2.05, 4.69) is 15.5 Å². The Labute approximate surface area is 128 Å². The van der Waals surface area contributed by atoms with Crippen molar-refractivity contribution in [1.29, 1.82) is 0 Å². The van der Waals surface area contributed by atoms with Gasteiger partial charge in [0.2, 0.25) is 5.89 Å². The van der Waals surface area contributed by atoms with Crippen molar-refractivity contribution >= 4 is 23.4 Å². The zero-order valence-corrected chi connectivity index (χ0v) is 12.2. The molecule has 2 aromatic rings. The Kier molecular flexibility index (Phi) is 5.49. The van der Waals surface area contributed by atoms with Crippen molar-refractivity contribution in [2.24, 2.45) is 0 Å². The number of alkyl halides is 3. The Bertz CT molecular complexity index is 574. The number of hydrogen-bond acceptors (Lipinski definition) is 5. The van der Waals surface area contributed by atoms with Crippen LogP contribution in [0, 0.1) is 0 Å². The Morgan fingerprint density at radius 2 is 1.95 bits per heavy atom. The van der Waals surface area contributed by atoms with Crippen molar-refractivity contribution in [3.05, 3.63) is 41.0 Å². The number of nitrogens with one attached hydrogen (secondary N) is 1.